The van der Waals surface area contributed by atoms with E-state index in [1.807, 2.05) is 0 Å². The predicted molar refractivity (Wildman–Crippen MR) is 109 cm³/mol. The first-order valence-electron chi connectivity index (χ1n) is 9.92. The standard InChI is InChI=1S/C19H22F2N6O3S/c20-19(21)5-1-8-27(9-6-19)17-14(11-24-16(26-17)12-2-3-12)18(28)25-13-4-7-23-15(10-13)31(22,29)30/h4,7,10-12H,1-3,5-6,8-9H2,(H2,22,29,30)(H,23,25,28). The van der Waals surface area contributed by atoms with Crippen molar-refractivity contribution in [2.75, 3.05) is 23.3 Å². The molecule has 1 aliphatic carbocycles. The van der Waals surface area contributed by atoms with E-state index in [4.69, 9.17) is 5.14 Å². The lowest BCUT2D eigenvalue weighted by atomic mass is 10.1. The van der Waals surface area contributed by atoms with Gasteiger partial charge in [-0.05, 0) is 25.3 Å². The first-order valence-corrected chi connectivity index (χ1v) is 11.5. The molecular weight excluding hydrogens is 430 g/mol. The van der Waals surface area contributed by atoms with Crippen LogP contribution in [0.25, 0.3) is 0 Å². The molecule has 2 aromatic heterocycles. The molecule has 0 unspecified atom stereocenters. The number of pyridine rings is 1. The third-order valence-corrected chi connectivity index (χ3v) is 6.08. The summed E-state index contributed by atoms with van der Waals surface area (Å²) < 4.78 is 50.7. The Labute approximate surface area is 178 Å². The van der Waals surface area contributed by atoms with Crippen LogP contribution in [0.1, 0.15) is 54.2 Å². The fraction of sp³-hybridized carbons (Fsp3) is 0.474. The largest absolute Gasteiger partial charge is 0.356 e. The second-order valence-electron chi connectivity index (χ2n) is 7.82. The number of amides is 1. The molecule has 4 rings (SSSR count). The van der Waals surface area contributed by atoms with Crippen LogP contribution in [0.5, 0.6) is 0 Å². The number of primary sulfonamides is 1. The van der Waals surface area contributed by atoms with Crippen LogP contribution < -0.4 is 15.4 Å². The van der Waals surface area contributed by atoms with Crippen molar-refractivity contribution in [2.24, 2.45) is 5.14 Å². The zero-order valence-corrected chi connectivity index (χ0v) is 17.4. The number of sulfonamides is 1. The van der Waals surface area contributed by atoms with E-state index < -0.39 is 21.9 Å². The van der Waals surface area contributed by atoms with E-state index in [0.29, 0.717) is 18.2 Å². The smallest absolute Gasteiger partial charge is 0.261 e. The highest BCUT2D eigenvalue weighted by Gasteiger charge is 2.34. The summed E-state index contributed by atoms with van der Waals surface area (Å²) in [5.74, 6) is -2.19. The molecule has 31 heavy (non-hydrogen) atoms. The van der Waals surface area contributed by atoms with Crippen LogP contribution in [0, 0.1) is 0 Å². The predicted octanol–water partition coefficient (Wildman–Crippen LogP) is 2.27. The molecule has 12 heteroatoms. The number of nitrogens with zero attached hydrogens (tertiary/aromatic N) is 4. The molecule has 0 aromatic carbocycles. The number of aromatic nitrogens is 3. The number of hydrogen-bond donors (Lipinski definition) is 2. The van der Waals surface area contributed by atoms with Gasteiger partial charge in [-0.15, -0.1) is 0 Å². The second-order valence-corrected chi connectivity index (χ2v) is 9.33. The van der Waals surface area contributed by atoms with Crippen LogP contribution in [0.3, 0.4) is 0 Å². The van der Waals surface area contributed by atoms with E-state index >= 15 is 0 Å². The van der Waals surface area contributed by atoms with Crippen molar-refractivity contribution >= 4 is 27.4 Å². The van der Waals surface area contributed by atoms with Gasteiger partial charge in [-0.3, -0.25) is 4.79 Å². The summed E-state index contributed by atoms with van der Waals surface area (Å²) in [6.45, 7) is 0.418. The molecule has 1 saturated carbocycles. The Morgan fingerprint density at radius 1 is 1.23 bits per heavy atom. The third kappa shape index (κ3) is 5.13. The number of rotatable bonds is 5. The van der Waals surface area contributed by atoms with Gasteiger partial charge in [-0.1, -0.05) is 0 Å². The third-order valence-electron chi connectivity index (χ3n) is 5.28. The minimum Gasteiger partial charge on any atom is -0.356 e. The number of anilines is 2. The molecular formula is C19H22F2N6O3S. The molecule has 0 atom stereocenters. The van der Waals surface area contributed by atoms with Gasteiger partial charge in [-0.25, -0.2) is 37.3 Å². The Morgan fingerprint density at radius 3 is 2.71 bits per heavy atom. The maximum Gasteiger partial charge on any atom is 0.261 e. The fourth-order valence-electron chi connectivity index (χ4n) is 3.44. The first-order chi connectivity index (χ1) is 14.6. The Kier molecular flexibility index (Phi) is 5.60. The fourth-order valence-corrected chi connectivity index (χ4v) is 3.94. The van der Waals surface area contributed by atoms with Gasteiger partial charge >= 0.3 is 0 Å². The summed E-state index contributed by atoms with van der Waals surface area (Å²) in [5.41, 5.74) is 0.298. The lowest BCUT2D eigenvalue weighted by molar-refractivity contribution is -0.0102. The van der Waals surface area contributed by atoms with Gasteiger partial charge in [0.2, 0.25) is 5.92 Å². The van der Waals surface area contributed by atoms with Crippen molar-refractivity contribution in [3.8, 4) is 0 Å². The van der Waals surface area contributed by atoms with Gasteiger partial charge in [0.15, 0.2) is 5.03 Å². The van der Waals surface area contributed by atoms with Crippen molar-refractivity contribution in [3.05, 3.63) is 35.9 Å². The Bertz CT molecular complexity index is 1110. The van der Waals surface area contributed by atoms with E-state index in [9.17, 15) is 22.0 Å². The van der Waals surface area contributed by atoms with Crippen LogP contribution in [0.4, 0.5) is 20.3 Å². The maximum atomic E-state index is 13.8. The number of halogens is 2. The van der Waals surface area contributed by atoms with Crippen molar-refractivity contribution in [1.29, 1.82) is 0 Å². The molecule has 3 heterocycles. The molecule has 2 fully saturated rings. The van der Waals surface area contributed by atoms with Gasteiger partial charge in [0.1, 0.15) is 17.2 Å². The number of carbonyl (C=O) groups is 1. The number of nitrogens with two attached hydrogens (primary N) is 1. The quantitative estimate of drug-likeness (QED) is 0.711. The van der Waals surface area contributed by atoms with Crippen molar-refractivity contribution in [1.82, 2.24) is 15.0 Å². The molecule has 166 valence electrons. The SMILES string of the molecule is NS(=O)(=O)c1cc(NC(=O)c2cnc(C3CC3)nc2N2CCCC(F)(F)CC2)ccn1. The van der Waals surface area contributed by atoms with Crippen molar-refractivity contribution < 1.29 is 22.0 Å². The average molecular weight is 452 g/mol. The van der Waals surface area contributed by atoms with Crippen LogP contribution >= 0.6 is 0 Å². The number of hydrogen-bond acceptors (Lipinski definition) is 7. The van der Waals surface area contributed by atoms with E-state index in [0.717, 1.165) is 18.9 Å². The molecule has 1 saturated heterocycles. The highest BCUT2D eigenvalue weighted by molar-refractivity contribution is 7.89. The Morgan fingerprint density at radius 2 is 2.00 bits per heavy atom. The van der Waals surface area contributed by atoms with E-state index in [1.165, 1.54) is 18.5 Å². The summed E-state index contributed by atoms with van der Waals surface area (Å²) in [6.07, 6.45) is 4.26. The molecule has 9 nitrogen and oxygen atoms in total. The average Bonchev–Trinajstić information content (AvgIpc) is 3.55. The minimum absolute atomic E-state index is 0.0687. The zero-order valence-electron chi connectivity index (χ0n) is 16.6. The Hall–Kier alpha value is -2.73. The highest BCUT2D eigenvalue weighted by atomic mass is 32.2. The van der Waals surface area contributed by atoms with Gasteiger partial charge in [0, 0.05) is 56.0 Å². The minimum atomic E-state index is -4.04. The zero-order chi connectivity index (χ0) is 22.2. The van der Waals surface area contributed by atoms with Crippen LogP contribution in [0.15, 0.2) is 29.6 Å². The molecule has 2 aliphatic rings. The summed E-state index contributed by atoms with van der Waals surface area (Å²) in [5, 5.41) is 7.29. The normalized spacial score (nSPS) is 19.0. The maximum absolute atomic E-state index is 13.8. The number of alkyl halides is 2. The van der Waals surface area contributed by atoms with Crippen molar-refractivity contribution in [3.63, 3.8) is 0 Å². The Balaban J connectivity index is 1.63. The molecule has 0 spiro atoms. The van der Waals surface area contributed by atoms with Crippen LogP contribution in [-0.2, 0) is 10.0 Å². The molecule has 1 amide bonds. The highest BCUT2D eigenvalue weighted by Crippen LogP contribution is 2.39. The van der Waals surface area contributed by atoms with Gasteiger partial charge < -0.3 is 10.2 Å². The molecule has 3 N–H and O–H groups in total. The lowest BCUT2D eigenvalue weighted by Crippen LogP contribution is -2.30. The molecule has 0 radical (unpaired) electrons. The van der Waals surface area contributed by atoms with Gasteiger partial charge in [-0.2, -0.15) is 0 Å². The second kappa shape index (κ2) is 8.08. The number of nitrogens with one attached hydrogen (secondary N) is 1. The summed E-state index contributed by atoms with van der Waals surface area (Å²) in [6, 6.07) is 2.55. The van der Waals surface area contributed by atoms with Crippen LogP contribution in [-0.4, -0.2) is 48.3 Å². The van der Waals surface area contributed by atoms with E-state index in [2.05, 4.69) is 20.3 Å². The van der Waals surface area contributed by atoms with E-state index in [1.54, 1.807) is 4.90 Å². The number of carbonyl (C=O) groups excluding carboxylic acids is 1. The summed E-state index contributed by atoms with van der Waals surface area (Å²) in [7, 11) is -4.04. The van der Waals surface area contributed by atoms with E-state index in [-0.39, 0.29) is 48.0 Å². The lowest BCUT2D eigenvalue weighted by Gasteiger charge is -2.24. The molecule has 2 aromatic rings. The topological polar surface area (TPSA) is 131 Å². The van der Waals surface area contributed by atoms with Crippen LogP contribution in [0.2, 0.25) is 0 Å². The summed E-state index contributed by atoms with van der Waals surface area (Å²) >= 11 is 0. The van der Waals surface area contributed by atoms with Gasteiger partial charge in [0.25, 0.3) is 15.9 Å². The summed E-state index contributed by atoms with van der Waals surface area (Å²) in [4.78, 5) is 27.2. The first kappa shape index (κ1) is 21.5. The molecule has 0 bridgehead atoms. The van der Waals surface area contributed by atoms with Crippen molar-refractivity contribution in [2.45, 2.75) is 49.0 Å². The van der Waals surface area contributed by atoms with Gasteiger partial charge in [0.05, 0.1) is 0 Å². The molecule has 1 aliphatic heterocycles. The monoisotopic (exact) mass is 452 g/mol.